The summed E-state index contributed by atoms with van der Waals surface area (Å²) in [5, 5.41) is 12.8. The zero-order chi connectivity index (χ0) is 21.4. The summed E-state index contributed by atoms with van der Waals surface area (Å²) >= 11 is 8.26. The Labute approximate surface area is 189 Å². The van der Waals surface area contributed by atoms with Gasteiger partial charge in [-0.05, 0) is 84.3 Å². The smallest absolute Gasteiger partial charge is 0.266 e. The van der Waals surface area contributed by atoms with Gasteiger partial charge in [0.15, 0.2) is 11.5 Å². The summed E-state index contributed by atoms with van der Waals surface area (Å²) in [5.41, 5.74) is 1.96. The zero-order valence-corrected chi connectivity index (χ0v) is 19.4. The van der Waals surface area contributed by atoms with Crippen molar-refractivity contribution in [2.45, 2.75) is 27.2 Å². The Kier molecular flexibility index (Phi) is 8.80. The molecule has 0 heterocycles. The highest BCUT2D eigenvalue weighted by atomic mass is 127. The number of rotatable bonds is 8. The zero-order valence-electron chi connectivity index (χ0n) is 16.5. The molecule has 29 heavy (non-hydrogen) atoms. The number of carbonyl (C=O) groups is 1. The molecule has 0 spiro atoms. The van der Waals surface area contributed by atoms with E-state index in [1.165, 1.54) is 6.08 Å². The van der Waals surface area contributed by atoms with Crippen molar-refractivity contribution in [1.82, 2.24) is 0 Å². The van der Waals surface area contributed by atoms with Gasteiger partial charge in [0, 0.05) is 10.7 Å². The minimum absolute atomic E-state index is 0.0233. The van der Waals surface area contributed by atoms with Crippen LogP contribution in [0.2, 0.25) is 5.02 Å². The second-order valence-corrected chi connectivity index (χ2v) is 7.72. The molecule has 5 nitrogen and oxygen atoms in total. The fourth-order valence-electron chi connectivity index (χ4n) is 2.53. The molecule has 0 fully saturated rings. The number of amides is 1. The molecule has 0 aliphatic rings. The highest BCUT2D eigenvalue weighted by Crippen LogP contribution is 2.35. The van der Waals surface area contributed by atoms with Crippen molar-refractivity contribution >= 4 is 51.9 Å². The Bertz CT molecular complexity index is 967. The number of carbonyl (C=O) groups excluding carboxylic acids is 1. The third-order valence-corrected chi connectivity index (χ3v) is 5.18. The van der Waals surface area contributed by atoms with Crippen LogP contribution in [0.1, 0.15) is 31.4 Å². The number of hydrogen-bond donors (Lipinski definition) is 1. The minimum Gasteiger partial charge on any atom is -0.490 e. The lowest BCUT2D eigenvalue weighted by Crippen LogP contribution is -2.14. The Morgan fingerprint density at radius 1 is 1.31 bits per heavy atom. The SMILES string of the molecule is CCCOc1c(I)cc(/C=C(\C#N)C(=O)Nc2cccc(Cl)c2C)cc1OCC. The predicted octanol–water partition coefficient (Wildman–Crippen LogP) is 5.99. The van der Waals surface area contributed by atoms with Crippen LogP contribution in [0, 0.1) is 21.8 Å². The first kappa shape index (κ1) is 23.0. The molecule has 0 unspecified atom stereocenters. The molecule has 7 heteroatoms. The van der Waals surface area contributed by atoms with E-state index in [4.69, 9.17) is 21.1 Å². The molecule has 0 bridgehead atoms. The lowest BCUT2D eigenvalue weighted by Gasteiger charge is -2.14. The van der Waals surface area contributed by atoms with E-state index in [0.717, 1.165) is 15.6 Å². The number of anilines is 1. The maximum absolute atomic E-state index is 12.6. The summed E-state index contributed by atoms with van der Waals surface area (Å²) in [6, 6.07) is 10.8. The largest absolute Gasteiger partial charge is 0.490 e. The first-order chi connectivity index (χ1) is 13.9. The molecule has 152 valence electrons. The van der Waals surface area contributed by atoms with Crippen LogP contribution in [0.3, 0.4) is 0 Å². The number of benzene rings is 2. The van der Waals surface area contributed by atoms with Gasteiger partial charge in [-0.2, -0.15) is 5.26 Å². The standard InChI is InChI=1S/C22H22ClIN2O3/c1-4-9-29-21-18(24)11-15(12-20(21)28-5-2)10-16(13-25)22(27)26-19-8-6-7-17(23)14(19)3/h6-8,10-12H,4-5,9H2,1-3H3,(H,26,27)/b16-10+. The van der Waals surface area contributed by atoms with Crippen LogP contribution >= 0.6 is 34.2 Å². The fraction of sp³-hybridized carbons (Fsp3) is 0.273. The third-order valence-electron chi connectivity index (χ3n) is 3.97. The van der Waals surface area contributed by atoms with Gasteiger partial charge >= 0.3 is 0 Å². The first-order valence-electron chi connectivity index (χ1n) is 9.18. The molecule has 1 N–H and O–H groups in total. The number of nitrogens with zero attached hydrogens (tertiary/aromatic N) is 1. The van der Waals surface area contributed by atoms with Gasteiger partial charge in [-0.3, -0.25) is 4.79 Å². The molecule has 2 rings (SSSR count). The summed E-state index contributed by atoms with van der Waals surface area (Å²) in [5.74, 6) is 0.753. The van der Waals surface area contributed by atoms with Crippen LogP contribution in [0.5, 0.6) is 11.5 Å². The fourth-order valence-corrected chi connectivity index (χ4v) is 3.48. The molecule has 1 amide bonds. The predicted molar refractivity (Wildman–Crippen MR) is 125 cm³/mol. The van der Waals surface area contributed by atoms with E-state index >= 15 is 0 Å². The normalized spacial score (nSPS) is 11.0. The number of nitrogens with one attached hydrogen (secondary N) is 1. The summed E-state index contributed by atoms with van der Waals surface area (Å²) in [7, 11) is 0. The van der Waals surface area contributed by atoms with Crippen LogP contribution in [0.4, 0.5) is 5.69 Å². The monoisotopic (exact) mass is 524 g/mol. The van der Waals surface area contributed by atoms with E-state index in [9.17, 15) is 10.1 Å². The molecule has 0 aliphatic carbocycles. The molecular formula is C22H22ClIN2O3. The summed E-state index contributed by atoms with van der Waals surface area (Å²) in [6.45, 7) is 6.78. The van der Waals surface area contributed by atoms with Crippen molar-refractivity contribution < 1.29 is 14.3 Å². The van der Waals surface area contributed by atoms with Gasteiger partial charge in [0.05, 0.1) is 16.8 Å². The van der Waals surface area contributed by atoms with E-state index in [1.54, 1.807) is 31.2 Å². The van der Waals surface area contributed by atoms with E-state index in [1.807, 2.05) is 26.0 Å². The molecule has 0 aromatic heterocycles. The summed E-state index contributed by atoms with van der Waals surface area (Å²) in [4.78, 5) is 12.6. The van der Waals surface area contributed by atoms with E-state index in [-0.39, 0.29) is 5.57 Å². The van der Waals surface area contributed by atoms with Crippen molar-refractivity contribution in [3.05, 3.63) is 55.6 Å². The highest BCUT2D eigenvalue weighted by molar-refractivity contribution is 14.1. The number of hydrogen-bond acceptors (Lipinski definition) is 4. The minimum atomic E-state index is -0.503. The van der Waals surface area contributed by atoms with Gasteiger partial charge < -0.3 is 14.8 Å². The Balaban J connectivity index is 2.35. The van der Waals surface area contributed by atoms with Crippen LogP contribution < -0.4 is 14.8 Å². The van der Waals surface area contributed by atoms with Gasteiger partial charge in [0.25, 0.3) is 5.91 Å². The second kappa shape index (κ2) is 11.1. The average Bonchev–Trinajstić information content (AvgIpc) is 2.69. The number of nitriles is 1. The van der Waals surface area contributed by atoms with E-state index < -0.39 is 5.91 Å². The topological polar surface area (TPSA) is 71.3 Å². The number of halogens is 2. The first-order valence-corrected chi connectivity index (χ1v) is 10.6. The van der Waals surface area contributed by atoms with Crippen LogP contribution in [0.25, 0.3) is 6.08 Å². The van der Waals surface area contributed by atoms with Crippen molar-refractivity contribution in [3.8, 4) is 17.6 Å². The van der Waals surface area contributed by atoms with Gasteiger partial charge in [-0.15, -0.1) is 0 Å². The molecule has 0 aliphatic heterocycles. The maximum atomic E-state index is 12.6. The lowest BCUT2D eigenvalue weighted by molar-refractivity contribution is -0.112. The molecule has 0 saturated heterocycles. The Hall–Kier alpha value is -2.24. The van der Waals surface area contributed by atoms with Crippen LogP contribution in [-0.2, 0) is 4.79 Å². The molecular weight excluding hydrogens is 503 g/mol. The van der Waals surface area contributed by atoms with Crippen molar-refractivity contribution in [2.75, 3.05) is 18.5 Å². The van der Waals surface area contributed by atoms with Gasteiger partial charge in [0.2, 0.25) is 0 Å². The summed E-state index contributed by atoms with van der Waals surface area (Å²) in [6.07, 6.45) is 2.41. The third kappa shape index (κ3) is 6.12. The maximum Gasteiger partial charge on any atom is 0.266 e. The highest BCUT2D eigenvalue weighted by Gasteiger charge is 2.15. The van der Waals surface area contributed by atoms with Gasteiger partial charge in [-0.1, -0.05) is 24.6 Å². The molecule has 2 aromatic rings. The van der Waals surface area contributed by atoms with Crippen molar-refractivity contribution in [2.24, 2.45) is 0 Å². The van der Waals surface area contributed by atoms with Crippen molar-refractivity contribution in [3.63, 3.8) is 0 Å². The van der Waals surface area contributed by atoms with Crippen molar-refractivity contribution in [1.29, 1.82) is 5.26 Å². The van der Waals surface area contributed by atoms with Gasteiger partial charge in [-0.25, -0.2) is 0 Å². The Morgan fingerprint density at radius 3 is 2.72 bits per heavy atom. The Morgan fingerprint density at radius 2 is 2.07 bits per heavy atom. The average molecular weight is 525 g/mol. The van der Waals surface area contributed by atoms with Crippen LogP contribution in [-0.4, -0.2) is 19.1 Å². The summed E-state index contributed by atoms with van der Waals surface area (Å²) < 4.78 is 12.3. The van der Waals surface area contributed by atoms with Crippen LogP contribution in [0.15, 0.2) is 35.9 Å². The van der Waals surface area contributed by atoms with Gasteiger partial charge in [0.1, 0.15) is 11.6 Å². The molecule has 2 aromatic carbocycles. The molecule has 0 atom stereocenters. The second-order valence-electron chi connectivity index (χ2n) is 6.15. The molecule has 0 radical (unpaired) electrons. The van der Waals surface area contributed by atoms with E-state index in [2.05, 4.69) is 27.9 Å². The number of ether oxygens (including phenoxy) is 2. The lowest BCUT2D eigenvalue weighted by atomic mass is 10.1. The quantitative estimate of drug-likeness (QED) is 0.262. The molecule has 0 saturated carbocycles. The van der Waals surface area contributed by atoms with E-state index in [0.29, 0.717) is 41.0 Å².